The van der Waals surface area contributed by atoms with Crippen LogP contribution in [0.3, 0.4) is 0 Å². The third-order valence-corrected chi connectivity index (χ3v) is 3.18. The number of ketones is 2. The Hall–Kier alpha value is -2.76. The van der Waals surface area contributed by atoms with Gasteiger partial charge in [-0.1, -0.05) is 0 Å². The fraction of sp³-hybridized carbons (Fsp3) is 0. The van der Waals surface area contributed by atoms with Gasteiger partial charge in [-0.2, -0.15) is 0 Å². The second kappa shape index (κ2) is 3.86. The molecule has 0 amide bonds. The van der Waals surface area contributed by atoms with Crippen molar-refractivity contribution in [2.24, 2.45) is 0 Å². The summed E-state index contributed by atoms with van der Waals surface area (Å²) in [6.07, 6.45) is 0. The number of carbonyl (C=O) groups excluding carboxylic acids is 2. The summed E-state index contributed by atoms with van der Waals surface area (Å²) in [4.78, 5) is 24.3. The highest BCUT2D eigenvalue weighted by atomic mass is 19.2. The van der Waals surface area contributed by atoms with Crippen LogP contribution in [0.2, 0.25) is 0 Å². The maximum atomic E-state index is 13.7. The molecule has 100 valence electrons. The standard InChI is InChI=1S/C14H6F2O4/c15-6-2-1-5-9(12(6)16)14(20)11-8(18)4-3-7(17)10(11)13(5)19/h1-4,17-18H. The number of rotatable bonds is 0. The minimum atomic E-state index is -1.45. The minimum absolute atomic E-state index is 0.345. The van der Waals surface area contributed by atoms with Gasteiger partial charge >= 0.3 is 0 Å². The minimum Gasteiger partial charge on any atom is -0.507 e. The third kappa shape index (κ3) is 1.38. The van der Waals surface area contributed by atoms with Gasteiger partial charge in [0.15, 0.2) is 17.4 Å². The highest BCUT2D eigenvalue weighted by Crippen LogP contribution is 2.38. The lowest BCUT2D eigenvalue weighted by Gasteiger charge is -2.19. The average Bonchev–Trinajstić information content (AvgIpc) is 2.41. The topological polar surface area (TPSA) is 74.6 Å². The zero-order valence-electron chi connectivity index (χ0n) is 9.78. The van der Waals surface area contributed by atoms with E-state index in [1.54, 1.807) is 0 Å². The fourth-order valence-corrected chi connectivity index (χ4v) is 2.26. The maximum Gasteiger partial charge on any atom is 0.201 e. The fourth-order valence-electron chi connectivity index (χ4n) is 2.26. The van der Waals surface area contributed by atoms with Gasteiger partial charge in [0.1, 0.15) is 11.5 Å². The number of phenolic OH excluding ortho intramolecular Hbond substituents is 2. The van der Waals surface area contributed by atoms with E-state index in [1.807, 2.05) is 0 Å². The van der Waals surface area contributed by atoms with E-state index in [9.17, 15) is 28.6 Å². The van der Waals surface area contributed by atoms with Crippen molar-refractivity contribution in [1.82, 2.24) is 0 Å². The molecule has 0 unspecified atom stereocenters. The van der Waals surface area contributed by atoms with Crippen LogP contribution in [0, 0.1) is 11.6 Å². The molecule has 20 heavy (non-hydrogen) atoms. The van der Waals surface area contributed by atoms with Gasteiger partial charge < -0.3 is 10.2 Å². The summed E-state index contributed by atoms with van der Waals surface area (Å²) in [7, 11) is 0. The van der Waals surface area contributed by atoms with E-state index in [0.29, 0.717) is 0 Å². The van der Waals surface area contributed by atoms with Gasteiger partial charge in [0.25, 0.3) is 0 Å². The van der Waals surface area contributed by atoms with Gasteiger partial charge in [0.05, 0.1) is 16.7 Å². The van der Waals surface area contributed by atoms with Gasteiger partial charge in [-0.05, 0) is 24.3 Å². The molecule has 2 aromatic carbocycles. The van der Waals surface area contributed by atoms with Gasteiger partial charge in [-0.3, -0.25) is 9.59 Å². The first-order chi connectivity index (χ1) is 9.43. The molecule has 0 heterocycles. The van der Waals surface area contributed by atoms with Gasteiger partial charge in [-0.15, -0.1) is 0 Å². The van der Waals surface area contributed by atoms with Crippen molar-refractivity contribution in [3.05, 3.63) is 58.2 Å². The average molecular weight is 276 g/mol. The monoisotopic (exact) mass is 276 g/mol. The number of aromatic hydroxyl groups is 2. The molecular weight excluding hydrogens is 270 g/mol. The number of phenols is 2. The first kappa shape index (κ1) is 12.3. The molecule has 1 aliphatic rings. The first-order valence-corrected chi connectivity index (χ1v) is 5.55. The molecule has 0 aromatic heterocycles. The first-order valence-electron chi connectivity index (χ1n) is 5.55. The van der Waals surface area contributed by atoms with Crippen LogP contribution in [0.15, 0.2) is 24.3 Å². The number of hydrogen-bond donors (Lipinski definition) is 2. The number of benzene rings is 2. The van der Waals surface area contributed by atoms with E-state index in [-0.39, 0.29) is 5.56 Å². The molecule has 1 aliphatic carbocycles. The predicted molar refractivity (Wildman–Crippen MR) is 63.0 cm³/mol. The van der Waals surface area contributed by atoms with Crippen molar-refractivity contribution in [1.29, 1.82) is 0 Å². The summed E-state index contributed by atoms with van der Waals surface area (Å²) in [5.74, 6) is -5.69. The van der Waals surface area contributed by atoms with E-state index in [0.717, 1.165) is 24.3 Å². The SMILES string of the molecule is O=C1c2ccc(F)c(F)c2C(=O)c2c(O)ccc(O)c21. The molecule has 2 N–H and O–H groups in total. The molecular formula is C14H6F2O4. The van der Waals surface area contributed by atoms with Crippen LogP contribution in [-0.2, 0) is 0 Å². The molecule has 0 saturated heterocycles. The summed E-state index contributed by atoms with van der Waals surface area (Å²) in [5, 5.41) is 19.3. The van der Waals surface area contributed by atoms with Crippen molar-refractivity contribution in [2.45, 2.75) is 0 Å². The van der Waals surface area contributed by atoms with Gasteiger partial charge in [0.2, 0.25) is 5.78 Å². The van der Waals surface area contributed by atoms with Crippen molar-refractivity contribution < 1.29 is 28.6 Å². The molecule has 0 radical (unpaired) electrons. The Morgan fingerprint density at radius 1 is 0.750 bits per heavy atom. The Morgan fingerprint density at radius 2 is 1.30 bits per heavy atom. The van der Waals surface area contributed by atoms with E-state index in [1.165, 1.54) is 0 Å². The summed E-state index contributed by atoms with van der Waals surface area (Å²) >= 11 is 0. The Kier molecular flexibility index (Phi) is 2.37. The molecule has 3 rings (SSSR count). The Morgan fingerprint density at radius 3 is 1.90 bits per heavy atom. The molecule has 0 atom stereocenters. The zero-order valence-corrected chi connectivity index (χ0v) is 9.78. The molecule has 0 spiro atoms. The lowest BCUT2D eigenvalue weighted by atomic mass is 9.82. The van der Waals surface area contributed by atoms with Crippen molar-refractivity contribution >= 4 is 11.6 Å². The van der Waals surface area contributed by atoms with Crippen LogP contribution in [0.4, 0.5) is 8.78 Å². The molecule has 4 nitrogen and oxygen atoms in total. The smallest absolute Gasteiger partial charge is 0.201 e. The zero-order chi connectivity index (χ0) is 14.6. The molecule has 0 fully saturated rings. The van der Waals surface area contributed by atoms with Gasteiger partial charge in [0, 0.05) is 5.56 Å². The summed E-state index contributed by atoms with van der Waals surface area (Å²) in [6.45, 7) is 0. The predicted octanol–water partition coefficient (Wildman–Crippen LogP) is 2.15. The second-order valence-corrected chi connectivity index (χ2v) is 4.30. The highest BCUT2D eigenvalue weighted by molar-refractivity contribution is 6.30. The second-order valence-electron chi connectivity index (χ2n) is 4.30. The van der Waals surface area contributed by atoms with E-state index in [4.69, 9.17) is 0 Å². The van der Waals surface area contributed by atoms with Crippen LogP contribution in [0.1, 0.15) is 31.8 Å². The van der Waals surface area contributed by atoms with E-state index in [2.05, 4.69) is 0 Å². The summed E-state index contributed by atoms with van der Waals surface area (Å²) < 4.78 is 27.0. The molecule has 0 bridgehead atoms. The molecule has 0 aliphatic heterocycles. The van der Waals surface area contributed by atoms with Crippen LogP contribution >= 0.6 is 0 Å². The molecule has 2 aromatic rings. The number of carbonyl (C=O) groups is 2. The molecule has 6 heteroatoms. The van der Waals surface area contributed by atoms with Crippen LogP contribution in [-0.4, -0.2) is 21.8 Å². The highest BCUT2D eigenvalue weighted by Gasteiger charge is 2.37. The maximum absolute atomic E-state index is 13.7. The Labute approximate surface area is 110 Å². The summed E-state index contributed by atoms with van der Waals surface area (Å²) in [5.41, 5.74) is -2.01. The lowest BCUT2D eigenvalue weighted by Crippen LogP contribution is -2.23. The van der Waals surface area contributed by atoms with Gasteiger partial charge in [-0.25, -0.2) is 8.78 Å². The quantitative estimate of drug-likeness (QED) is 0.617. The lowest BCUT2D eigenvalue weighted by molar-refractivity contribution is 0.0970. The third-order valence-electron chi connectivity index (χ3n) is 3.18. The van der Waals surface area contributed by atoms with Crippen molar-refractivity contribution in [3.63, 3.8) is 0 Å². The Bertz CT molecular complexity index is 792. The van der Waals surface area contributed by atoms with Crippen LogP contribution in [0.5, 0.6) is 11.5 Å². The van der Waals surface area contributed by atoms with Crippen molar-refractivity contribution in [3.8, 4) is 11.5 Å². The van der Waals surface area contributed by atoms with E-state index >= 15 is 0 Å². The van der Waals surface area contributed by atoms with Crippen LogP contribution in [0.25, 0.3) is 0 Å². The molecule has 0 saturated carbocycles. The van der Waals surface area contributed by atoms with E-state index < -0.39 is 51.4 Å². The summed E-state index contributed by atoms with van der Waals surface area (Å²) in [6, 6.07) is 3.75. The van der Waals surface area contributed by atoms with Crippen molar-refractivity contribution in [2.75, 3.05) is 0 Å². The normalized spacial score (nSPS) is 13.1. The number of halogens is 2. The Balaban J connectivity index is 2.43. The number of hydrogen-bond acceptors (Lipinski definition) is 4. The van der Waals surface area contributed by atoms with Crippen LogP contribution < -0.4 is 0 Å². The largest absolute Gasteiger partial charge is 0.507 e. The number of fused-ring (bicyclic) bond motifs is 2.